The molecule has 0 fully saturated rings. The molecule has 1 aromatic heterocycles. The number of aromatic amines is 1. The summed E-state index contributed by atoms with van der Waals surface area (Å²) in [6.45, 7) is 4.85. The van der Waals surface area contributed by atoms with Crippen molar-refractivity contribution < 1.29 is 14.3 Å². The van der Waals surface area contributed by atoms with Crippen LogP contribution in [0.5, 0.6) is 0 Å². The summed E-state index contributed by atoms with van der Waals surface area (Å²) in [5, 5.41) is 2.26. The predicted octanol–water partition coefficient (Wildman–Crippen LogP) is -0.663. The maximum atomic E-state index is 12.2. The van der Waals surface area contributed by atoms with E-state index in [0.717, 1.165) is 16.8 Å². The SMILES string of the molecule is CCOC(=O)CN(C(=O)Cn1[nH]c(=O)ccc1=O)C(C)C. The minimum atomic E-state index is -0.520. The van der Waals surface area contributed by atoms with Crippen molar-refractivity contribution in [3.05, 3.63) is 32.8 Å². The second kappa shape index (κ2) is 7.41. The highest BCUT2D eigenvalue weighted by Gasteiger charge is 2.21. The lowest BCUT2D eigenvalue weighted by Crippen LogP contribution is -2.44. The Balaban J connectivity index is 2.87. The number of esters is 1. The number of nitrogens with zero attached hydrogens (tertiary/aromatic N) is 2. The smallest absolute Gasteiger partial charge is 0.325 e. The van der Waals surface area contributed by atoms with Gasteiger partial charge < -0.3 is 9.64 Å². The number of rotatable bonds is 6. The van der Waals surface area contributed by atoms with Crippen molar-refractivity contribution in [1.29, 1.82) is 0 Å². The average molecular weight is 297 g/mol. The van der Waals surface area contributed by atoms with Gasteiger partial charge in [-0.2, -0.15) is 0 Å². The normalized spacial score (nSPS) is 10.5. The van der Waals surface area contributed by atoms with Gasteiger partial charge in [0, 0.05) is 18.2 Å². The fourth-order valence-corrected chi connectivity index (χ4v) is 1.71. The zero-order valence-electron chi connectivity index (χ0n) is 12.3. The molecule has 21 heavy (non-hydrogen) atoms. The molecule has 0 bridgehead atoms. The molecular weight excluding hydrogens is 278 g/mol. The molecule has 0 aliphatic carbocycles. The standard InChI is InChI=1S/C13H19N3O5/c1-4-21-13(20)8-15(9(2)3)12(19)7-16-11(18)6-5-10(17)14-16/h5-6,9H,4,7-8H2,1-3H3,(H,14,17). The topological polar surface area (TPSA) is 101 Å². The van der Waals surface area contributed by atoms with Crippen molar-refractivity contribution in [3.8, 4) is 0 Å². The van der Waals surface area contributed by atoms with E-state index in [1.807, 2.05) is 0 Å². The van der Waals surface area contributed by atoms with Gasteiger partial charge in [-0.15, -0.1) is 0 Å². The molecule has 116 valence electrons. The van der Waals surface area contributed by atoms with Crippen molar-refractivity contribution >= 4 is 11.9 Å². The zero-order chi connectivity index (χ0) is 16.0. The molecule has 0 aliphatic heterocycles. The van der Waals surface area contributed by atoms with Gasteiger partial charge in [0.1, 0.15) is 13.1 Å². The number of hydrogen-bond acceptors (Lipinski definition) is 5. The summed E-state index contributed by atoms with van der Waals surface area (Å²) < 4.78 is 5.71. The number of hydrogen-bond donors (Lipinski definition) is 1. The zero-order valence-corrected chi connectivity index (χ0v) is 12.3. The van der Waals surface area contributed by atoms with Crippen molar-refractivity contribution in [3.63, 3.8) is 0 Å². The molecule has 0 radical (unpaired) electrons. The highest BCUT2D eigenvalue weighted by molar-refractivity contribution is 5.82. The second-order valence-electron chi connectivity index (χ2n) is 4.65. The minimum Gasteiger partial charge on any atom is -0.465 e. The number of carbonyl (C=O) groups excluding carboxylic acids is 2. The monoisotopic (exact) mass is 297 g/mol. The molecule has 1 amide bonds. The molecule has 0 unspecified atom stereocenters. The van der Waals surface area contributed by atoms with E-state index in [4.69, 9.17) is 4.74 Å². The van der Waals surface area contributed by atoms with Gasteiger partial charge in [-0.05, 0) is 20.8 Å². The quantitative estimate of drug-likeness (QED) is 0.702. The van der Waals surface area contributed by atoms with Crippen LogP contribution in [0.25, 0.3) is 0 Å². The first-order chi connectivity index (χ1) is 9.85. The van der Waals surface area contributed by atoms with E-state index in [9.17, 15) is 19.2 Å². The molecule has 0 saturated heterocycles. The van der Waals surface area contributed by atoms with Crippen LogP contribution in [0, 0.1) is 0 Å². The molecule has 8 heteroatoms. The van der Waals surface area contributed by atoms with Crippen LogP contribution in [0.3, 0.4) is 0 Å². The Morgan fingerprint density at radius 1 is 1.33 bits per heavy atom. The molecule has 0 atom stereocenters. The van der Waals surface area contributed by atoms with E-state index >= 15 is 0 Å². The van der Waals surface area contributed by atoms with Crippen molar-refractivity contribution in [2.75, 3.05) is 13.2 Å². The minimum absolute atomic E-state index is 0.198. The molecule has 8 nitrogen and oxygen atoms in total. The first-order valence-corrected chi connectivity index (χ1v) is 6.60. The van der Waals surface area contributed by atoms with E-state index in [1.54, 1.807) is 20.8 Å². The average Bonchev–Trinajstić information content (AvgIpc) is 2.40. The van der Waals surface area contributed by atoms with E-state index in [2.05, 4.69) is 5.10 Å². The van der Waals surface area contributed by atoms with Crippen LogP contribution in [0.1, 0.15) is 20.8 Å². The number of nitrogens with one attached hydrogen (secondary N) is 1. The first kappa shape index (κ1) is 16.7. The molecule has 0 aromatic carbocycles. The van der Waals surface area contributed by atoms with Gasteiger partial charge >= 0.3 is 5.97 Å². The number of carbonyl (C=O) groups is 2. The molecule has 1 N–H and O–H groups in total. The van der Waals surface area contributed by atoms with Crippen LogP contribution in [-0.4, -0.2) is 45.8 Å². The van der Waals surface area contributed by atoms with Gasteiger partial charge in [-0.3, -0.25) is 24.3 Å². The molecule has 0 saturated carbocycles. The summed E-state index contributed by atoms with van der Waals surface area (Å²) in [7, 11) is 0. The lowest BCUT2D eigenvalue weighted by Gasteiger charge is -2.25. The number of ether oxygens (including phenoxy) is 1. The second-order valence-corrected chi connectivity index (χ2v) is 4.65. The maximum Gasteiger partial charge on any atom is 0.325 e. The first-order valence-electron chi connectivity index (χ1n) is 6.60. The maximum absolute atomic E-state index is 12.2. The van der Waals surface area contributed by atoms with Crippen LogP contribution in [0.15, 0.2) is 21.7 Å². The van der Waals surface area contributed by atoms with E-state index < -0.39 is 23.0 Å². The Kier molecular flexibility index (Phi) is 5.89. The third-order valence-corrected chi connectivity index (χ3v) is 2.73. The Bertz CT molecular complexity index is 617. The summed E-state index contributed by atoms with van der Waals surface area (Å²) in [4.78, 5) is 47.7. The van der Waals surface area contributed by atoms with Gasteiger partial charge in [-0.1, -0.05) is 0 Å². The highest BCUT2D eigenvalue weighted by Crippen LogP contribution is 2.01. The third-order valence-electron chi connectivity index (χ3n) is 2.73. The molecular formula is C13H19N3O5. The number of aromatic nitrogens is 2. The fourth-order valence-electron chi connectivity index (χ4n) is 1.71. The Morgan fingerprint density at radius 3 is 2.57 bits per heavy atom. The lowest BCUT2D eigenvalue weighted by molar-refractivity contribution is -0.150. The van der Waals surface area contributed by atoms with Gasteiger partial charge in [0.25, 0.3) is 11.1 Å². The summed E-state index contributed by atoms with van der Waals surface area (Å²) in [6.07, 6.45) is 0. The number of amides is 1. The van der Waals surface area contributed by atoms with Crippen LogP contribution in [0.2, 0.25) is 0 Å². The summed E-state index contributed by atoms with van der Waals surface area (Å²) in [6, 6.07) is 1.92. The van der Waals surface area contributed by atoms with Gasteiger partial charge in [0.2, 0.25) is 5.91 Å². The van der Waals surface area contributed by atoms with E-state index in [-0.39, 0.29) is 25.7 Å². The highest BCUT2D eigenvalue weighted by atomic mass is 16.5. The summed E-state index contributed by atoms with van der Waals surface area (Å²) in [5.41, 5.74) is -0.980. The summed E-state index contributed by atoms with van der Waals surface area (Å²) >= 11 is 0. The third kappa shape index (κ3) is 4.90. The molecule has 0 spiro atoms. The molecule has 1 aromatic rings. The van der Waals surface area contributed by atoms with Crippen LogP contribution >= 0.6 is 0 Å². The van der Waals surface area contributed by atoms with Crippen molar-refractivity contribution in [2.45, 2.75) is 33.4 Å². The fraction of sp³-hybridized carbons (Fsp3) is 0.538. The van der Waals surface area contributed by atoms with Gasteiger partial charge in [0.15, 0.2) is 0 Å². The Morgan fingerprint density at radius 2 is 2.00 bits per heavy atom. The van der Waals surface area contributed by atoms with Crippen LogP contribution in [0.4, 0.5) is 0 Å². The van der Waals surface area contributed by atoms with E-state index in [0.29, 0.717) is 0 Å². The largest absolute Gasteiger partial charge is 0.465 e. The predicted molar refractivity (Wildman–Crippen MR) is 74.8 cm³/mol. The molecule has 1 heterocycles. The van der Waals surface area contributed by atoms with Crippen LogP contribution in [-0.2, 0) is 20.9 Å². The summed E-state index contributed by atoms with van der Waals surface area (Å²) in [5.74, 6) is -0.976. The van der Waals surface area contributed by atoms with Crippen molar-refractivity contribution in [2.24, 2.45) is 0 Å². The number of H-pyrrole nitrogens is 1. The lowest BCUT2D eigenvalue weighted by atomic mass is 10.3. The Labute approximate surface area is 121 Å². The molecule has 0 aliphatic rings. The van der Waals surface area contributed by atoms with Crippen molar-refractivity contribution in [1.82, 2.24) is 14.7 Å². The van der Waals surface area contributed by atoms with Crippen LogP contribution < -0.4 is 11.1 Å². The van der Waals surface area contributed by atoms with Gasteiger partial charge in [0.05, 0.1) is 6.61 Å². The Hall–Kier alpha value is -2.38. The van der Waals surface area contributed by atoms with E-state index in [1.165, 1.54) is 4.90 Å². The molecule has 1 rings (SSSR count). The van der Waals surface area contributed by atoms with Gasteiger partial charge in [-0.25, -0.2) is 4.68 Å².